The van der Waals surface area contributed by atoms with Gasteiger partial charge in [-0.05, 0) is 70.2 Å². The first-order chi connectivity index (χ1) is 16.8. The Labute approximate surface area is 212 Å². The molecule has 1 saturated heterocycles. The van der Waals surface area contributed by atoms with Crippen molar-refractivity contribution in [3.05, 3.63) is 63.6 Å². The Morgan fingerprint density at radius 2 is 2.00 bits per heavy atom. The molecule has 6 nitrogen and oxygen atoms in total. The molecule has 2 aliphatic rings. The van der Waals surface area contributed by atoms with Gasteiger partial charge < -0.3 is 15.5 Å². The Kier molecular flexibility index (Phi) is 6.69. The lowest BCUT2D eigenvalue weighted by Gasteiger charge is -2.27. The van der Waals surface area contributed by atoms with Crippen molar-refractivity contribution < 1.29 is 4.79 Å². The molecule has 1 aromatic carbocycles. The normalized spacial score (nSPS) is 19.5. The van der Waals surface area contributed by atoms with Crippen molar-refractivity contribution >= 4 is 34.1 Å². The number of amides is 1. The average molecular weight is 492 g/mol. The van der Waals surface area contributed by atoms with Gasteiger partial charge >= 0.3 is 0 Å². The molecular weight excluding hydrogens is 458 g/mol. The summed E-state index contributed by atoms with van der Waals surface area (Å²) in [6, 6.07) is 8.26. The first-order valence-electron chi connectivity index (χ1n) is 12.7. The summed E-state index contributed by atoms with van der Waals surface area (Å²) >= 11 is 6.50. The largest absolute Gasteiger partial charge is 0.369 e. The van der Waals surface area contributed by atoms with Crippen LogP contribution in [-0.2, 0) is 0 Å². The van der Waals surface area contributed by atoms with Gasteiger partial charge in [0.2, 0.25) is 0 Å². The standard InChI is InChI=1S/C28H34ClN5O/c1-16-5-8-21(24(29)13-16)19(4)33-28(35)23-15-31-26-22(14-18(3)32-25(26)20-6-7-20)27(23)34-11-9-17(2)30-10-12-34/h5,8,13-15,17,19-20,30H,6-7,9-12H2,1-4H3,(H,33,35)/t17-,19-/m0/s1. The van der Waals surface area contributed by atoms with Crippen LogP contribution in [0.1, 0.15) is 77.9 Å². The SMILES string of the molecule is Cc1ccc([C@H](C)NC(=O)c2cnc3c(C4CC4)nc(C)cc3c2N2CCN[C@@H](C)CC2)c(Cl)c1. The lowest BCUT2D eigenvalue weighted by Crippen LogP contribution is -2.33. The summed E-state index contributed by atoms with van der Waals surface area (Å²) in [6.07, 6.45) is 5.08. The van der Waals surface area contributed by atoms with Crippen LogP contribution in [0.2, 0.25) is 5.02 Å². The van der Waals surface area contributed by atoms with E-state index in [2.05, 4.69) is 28.5 Å². The number of aryl methyl sites for hydroxylation is 2. The second kappa shape index (κ2) is 9.75. The van der Waals surface area contributed by atoms with Crippen molar-refractivity contribution in [3.63, 3.8) is 0 Å². The highest BCUT2D eigenvalue weighted by Crippen LogP contribution is 2.43. The number of carbonyl (C=O) groups excluding carboxylic acids is 1. The Morgan fingerprint density at radius 3 is 2.74 bits per heavy atom. The van der Waals surface area contributed by atoms with Gasteiger partial charge in [0.15, 0.2) is 0 Å². The summed E-state index contributed by atoms with van der Waals surface area (Å²) < 4.78 is 0. The van der Waals surface area contributed by atoms with Crippen LogP contribution in [0.3, 0.4) is 0 Å². The number of nitrogens with zero attached hydrogens (tertiary/aromatic N) is 3. The number of fused-ring (bicyclic) bond motifs is 1. The van der Waals surface area contributed by atoms with E-state index in [0.29, 0.717) is 22.5 Å². The molecule has 35 heavy (non-hydrogen) atoms. The molecule has 0 radical (unpaired) electrons. The van der Waals surface area contributed by atoms with Crippen molar-refractivity contribution in [3.8, 4) is 0 Å². The fourth-order valence-corrected chi connectivity index (χ4v) is 5.46. The molecule has 2 fully saturated rings. The molecule has 0 unspecified atom stereocenters. The first kappa shape index (κ1) is 24.0. The van der Waals surface area contributed by atoms with Gasteiger partial charge in [-0.25, -0.2) is 0 Å². The molecule has 0 bridgehead atoms. The molecule has 1 aliphatic heterocycles. The molecular formula is C28H34ClN5O. The van der Waals surface area contributed by atoms with Crippen LogP contribution < -0.4 is 15.5 Å². The monoisotopic (exact) mass is 491 g/mol. The molecule has 3 heterocycles. The van der Waals surface area contributed by atoms with E-state index in [-0.39, 0.29) is 11.9 Å². The number of aromatic nitrogens is 2. The number of rotatable bonds is 5. The van der Waals surface area contributed by atoms with E-state index in [1.54, 1.807) is 6.20 Å². The number of benzene rings is 1. The van der Waals surface area contributed by atoms with E-state index < -0.39 is 0 Å². The second-order valence-corrected chi connectivity index (χ2v) is 10.6. The molecule has 1 aliphatic carbocycles. The minimum absolute atomic E-state index is 0.133. The number of hydrogen-bond donors (Lipinski definition) is 2. The fraction of sp³-hybridized carbons (Fsp3) is 0.464. The Hall–Kier alpha value is -2.70. The van der Waals surface area contributed by atoms with E-state index in [0.717, 1.165) is 78.0 Å². The third-order valence-corrected chi connectivity index (χ3v) is 7.51. The highest BCUT2D eigenvalue weighted by atomic mass is 35.5. The van der Waals surface area contributed by atoms with Gasteiger partial charge in [-0.2, -0.15) is 0 Å². The molecule has 1 amide bonds. The van der Waals surface area contributed by atoms with Crippen molar-refractivity contribution in [2.45, 2.75) is 65.0 Å². The fourth-order valence-electron chi connectivity index (χ4n) is 5.06. The summed E-state index contributed by atoms with van der Waals surface area (Å²) in [5.41, 5.74) is 6.56. The van der Waals surface area contributed by atoms with E-state index in [1.165, 1.54) is 0 Å². The summed E-state index contributed by atoms with van der Waals surface area (Å²) in [7, 11) is 0. The van der Waals surface area contributed by atoms with Crippen LogP contribution in [-0.4, -0.2) is 41.6 Å². The molecule has 3 aromatic rings. The third-order valence-electron chi connectivity index (χ3n) is 7.18. The topological polar surface area (TPSA) is 70.2 Å². The van der Waals surface area contributed by atoms with Gasteiger partial charge in [0.05, 0.1) is 28.5 Å². The first-order valence-corrected chi connectivity index (χ1v) is 13.0. The highest BCUT2D eigenvalue weighted by Gasteiger charge is 2.31. The van der Waals surface area contributed by atoms with Crippen LogP contribution in [0.25, 0.3) is 10.9 Å². The third kappa shape index (κ3) is 5.00. The number of carbonyl (C=O) groups is 1. The van der Waals surface area contributed by atoms with Crippen molar-refractivity contribution in [1.29, 1.82) is 0 Å². The van der Waals surface area contributed by atoms with Gasteiger partial charge in [0.25, 0.3) is 5.91 Å². The molecule has 0 spiro atoms. The maximum atomic E-state index is 13.7. The molecule has 1 saturated carbocycles. The number of halogens is 1. The van der Waals surface area contributed by atoms with Crippen LogP contribution >= 0.6 is 11.6 Å². The maximum Gasteiger partial charge on any atom is 0.255 e. The summed E-state index contributed by atoms with van der Waals surface area (Å²) in [6.45, 7) is 10.8. The van der Waals surface area contributed by atoms with Gasteiger partial charge in [-0.15, -0.1) is 0 Å². The molecule has 5 rings (SSSR count). The Balaban J connectivity index is 1.57. The predicted molar refractivity (Wildman–Crippen MR) is 143 cm³/mol. The molecule has 184 valence electrons. The Morgan fingerprint density at radius 1 is 1.20 bits per heavy atom. The lowest BCUT2D eigenvalue weighted by atomic mass is 10.0. The highest BCUT2D eigenvalue weighted by molar-refractivity contribution is 6.31. The van der Waals surface area contributed by atoms with Gasteiger partial charge in [-0.3, -0.25) is 14.8 Å². The van der Waals surface area contributed by atoms with Gasteiger partial charge in [-0.1, -0.05) is 23.7 Å². The van der Waals surface area contributed by atoms with E-state index in [4.69, 9.17) is 21.6 Å². The zero-order valence-corrected chi connectivity index (χ0v) is 21.7. The van der Waals surface area contributed by atoms with E-state index in [9.17, 15) is 4.79 Å². The van der Waals surface area contributed by atoms with Crippen molar-refractivity contribution in [2.24, 2.45) is 0 Å². The molecule has 7 heteroatoms. The smallest absolute Gasteiger partial charge is 0.255 e. The quantitative estimate of drug-likeness (QED) is 0.496. The molecule has 2 atom stereocenters. The molecule has 2 N–H and O–H groups in total. The average Bonchev–Trinajstić information content (AvgIpc) is 3.66. The number of anilines is 1. The van der Waals surface area contributed by atoms with Crippen LogP contribution in [0, 0.1) is 13.8 Å². The second-order valence-electron chi connectivity index (χ2n) is 10.2. The predicted octanol–water partition coefficient (Wildman–Crippen LogP) is 5.46. The van der Waals surface area contributed by atoms with Crippen molar-refractivity contribution in [1.82, 2.24) is 20.6 Å². The Bertz CT molecular complexity index is 1270. The van der Waals surface area contributed by atoms with Gasteiger partial charge in [0.1, 0.15) is 0 Å². The van der Waals surface area contributed by atoms with Crippen LogP contribution in [0.15, 0.2) is 30.5 Å². The zero-order valence-electron chi connectivity index (χ0n) is 21.0. The summed E-state index contributed by atoms with van der Waals surface area (Å²) in [4.78, 5) is 25.8. The summed E-state index contributed by atoms with van der Waals surface area (Å²) in [5, 5.41) is 8.45. The molecule has 2 aromatic heterocycles. The van der Waals surface area contributed by atoms with Crippen molar-refractivity contribution in [2.75, 3.05) is 24.5 Å². The van der Waals surface area contributed by atoms with Gasteiger partial charge in [0, 0.05) is 53.9 Å². The minimum Gasteiger partial charge on any atom is -0.369 e. The van der Waals surface area contributed by atoms with E-state index >= 15 is 0 Å². The van der Waals surface area contributed by atoms with E-state index in [1.807, 2.05) is 39.0 Å². The number of pyridine rings is 2. The van der Waals surface area contributed by atoms with Crippen LogP contribution in [0.4, 0.5) is 5.69 Å². The number of nitrogens with one attached hydrogen (secondary N) is 2. The lowest BCUT2D eigenvalue weighted by molar-refractivity contribution is 0.0940. The number of hydrogen-bond acceptors (Lipinski definition) is 5. The summed E-state index contributed by atoms with van der Waals surface area (Å²) in [5.74, 6) is 0.346. The minimum atomic E-state index is -0.230. The zero-order chi connectivity index (χ0) is 24.7. The maximum absolute atomic E-state index is 13.7. The van der Waals surface area contributed by atoms with Crippen LogP contribution in [0.5, 0.6) is 0 Å².